The van der Waals surface area contributed by atoms with Crippen LogP contribution in [-0.4, -0.2) is 56.1 Å². The van der Waals surface area contributed by atoms with E-state index in [0.29, 0.717) is 13.1 Å². The second-order valence-electron chi connectivity index (χ2n) is 3.85. The Hall–Kier alpha value is -0.330. The van der Waals surface area contributed by atoms with Gasteiger partial charge in [0.2, 0.25) is 0 Å². The summed E-state index contributed by atoms with van der Waals surface area (Å²) in [5.41, 5.74) is 0. The van der Waals surface area contributed by atoms with Crippen LogP contribution in [0.2, 0.25) is 0 Å². The molecule has 0 amide bonds. The lowest BCUT2D eigenvalue weighted by Crippen LogP contribution is -2.32. The smallest absolute Gasteiger partial charge is 0.393 e. The molecule has 0 aromatic heterocycles. The second-order valence-corrected chi connectivity index (χ2v) is 3.85. The van der Waals surface area contributed by atoms with Crippen LogP contribution in [0, 0.1) is 11.8 Å². The van der Waals surface area contributed by atoms with Gasteiger partial charge in [0.05, 0.1) is 19.1 Å². The molecule has 0 spiro atoms. The van der Waals surface area contributed by atoms with E-state index in [4.69, 9.17) is 9.84 Å². The lowest BCUT2D eigenvalue weighted by molar-refractivity contribution is -0.183. The number of methoxy groups -OCH3 is 1. The molecule has 90 valence electrons. The van der Waals surface area contributed by atoms with Crippen LogP contribution in [0.3, 0.4) is 0 Å². The van der Waals surface area contributed by atoms with Gasteiger partial charge in [0.25, 0.3) is 0 Å². The first kappa shape index (κ1) is 12.7. The van der Waals surface area contributed by atoms with E-state index >= 15 is 0 Å². The van der Waals surface area contributed by atoms with Crippen LogP contribution in [0.4, 0.5) is 13.2 Å². The first-order valence-corrected chi connectivity index (χ1v) is 4.88. The number of aliphatic hydroxyl groups excluding tert-OH is 1. The van der Waals surface area contributed by atoms with Crippen LogP contribution >= 0.6 is 0 Å². The SMILES string of the molecule is COC[C@@H]1CN(CCO)C[C@@H]1C(F)(F)F. The van der Waals surface area contributed by atoms with E-state index in [1.807, 2.05) is 0 Å². The first-order valence-electron chi connectivity index (χ1n) is 4.88. The number of likely N-dealkylation sites (tertiary alicyclic amines) is 1. The van der Waals surface area contributed by atoms with E-state index in [-0.39, 0.29) is 19.8 Å². The van der Waals surface area contributed by atoms with Gasteiger partial charge in [-0.15, -0.1) is 0 Å². The predicted molar refractivity (Wildman–Crippen MR) is 48.4 cm³/mol. The molecule has 1 N–H and O–H groups in total. The largest absolute Gasteiger partial charge is 0.395 e. The van der Waals surface area contributed by atoms with Crippen LogP contribution < -0.4 is 0 Å². The Bertz CT molecular complexity index is 198. The third kappa shape index (κ3) is 3.32. The molecule has 1 heterocycles. The zero-order chi connectivity index (χ0) is 11.5. The lowest BCUT2D eigenvalue weighted by Gasteiger charge is -2.20. The van der Waals surface area contributed by atoms with Gasteiger partial charge in [-0.25, -0.2) is 0 Å². The summed E-state index contributed by atoms with van der Waals surface area (Å²) in [5.74, 6) is -1.84. The summed E-state index contributed by atoms with van der Waals surface area (Å²) >= 11 is 0. The molecule has 15 heavy (non-hydrogen) atoms. The Morgan fingerprint density at radius 3 is 2.53 bits per heavy atom. The minimum Gasteiger partial charge on any atom is -0.395 e. The van der Waals surface area contributed by atoms with Gasteiger partial charge in [0.1, 0.15) is 0 Å². The van der Waals surface area contributed by atoms with E-state index in [9.17, 15) is 13.2 Å². The van der Waals surface area contributed by atoms with E-state index in [0.717, 1.165) is 0 Å². The molecule has 0 unspecified atom stereocenters. The maximum Gasteiger partial charge on any atom is 0.393 e. The zero-order valence-corrected chi connectivity index (χ0v) is 8.63. The van der Waals surface area contributed by atoms with Gasteiger partial charge in [-0.2, -0.15) is 13.2 Å². The minimum absolute atomic E-state index is 0.0297. The molecule has 0 bridgehead atoms. The number of alkyl halides is 3. The number of rotatable bonds is 4. The monoisotopic (exact) mass is 227 g/mol. The number of aliphatic hydroxyl groups is 1. The molecule has 1 fully saturated rings. The van der Waals surface area contributed by atoms with Crippen molar-refractivity contribution >= 4 is 0 Å². The number of halogens is 3. The highest BCUT2D eigenvalue weighted by Gasteiger charge is 2.49. The predicted octanol–water partition coefficient (Wildman–Crippen LogP) is 0.735. The summed E-state index contributed by atoms with van der Waals surface area (Å²) in [5, 5.41) is 8.68. The highest BCUT2D eigenvalue weighted by molar-refractivity contribution is 4.87. The molecule has 3 nitrogen and oxygen atoms in total. The Kier molecular flexibility index (Phi) is 4.36. The Morgan fingerprint density at radius 2 is 2.07 bits per heavy atom. The van der Waals surface area contributed by atoms with Gasteiger partial charge in [-0.3, -0.25) is 0 Å². The molecule has 0 radical (unpaired) electrons. The number of hydrogen-bond acceptors (Lipinski definition) is 3. The summed E-state index contributed by atoms with van der Waals surface area (Å²) < 4.78 is 42.6. The van der Waals surface area contributed by atoms with Crippen molar-refractivity contribution in [2.75, 3.05) is 40.0 Å². The summed E-state index contributed by atoms with van der Waals surface area (Å²) in [6.07, 6.45) is -4.17. The van der Waals surface area contributed by atoms with Crippen molar-refractivity contribution in [2.24, 2.45) is 11.8 Å². The van der Waals surface area contributed by atoms with Crippen molar-refractivity contribution in [3.8, 4) is 0 Å². The van der Waals surface area contributed by atoms with Crippen molar-refractivity contribution in [3.63, 3.8) is 0 Å². The highest BCUT2D eigenvalue weighted by Crippen LogP contribution is 2.37. The van der Waals surface area contributed by atoms with Gasteiger partial charge in [-0.1, -0.05) is 0 Å². The summed E-state index contributed by atoms with van der Waals surface area (Å²) in [4.78, 5) is 1.63. The molecule has 1 aliphatic rings. The lowest BCUT2D eigenvalue weighted by atomic mass is 9.96. The fourth-order valence-corrected chi connectivity index (χ4v) is 2.04. The molecule has 0 aliphatic carbocycles. The number of β-amino-alcohol motifs (C(OH)–C–C–N with tert-alkyl or cyclic N) is 1. The third-order valence-electron chi connectivity index (χ3n) is 2.73. The molecule has 1 saturated heterocycles. The van der Waals surface area contributed by atoms with Gasteiger partial charge in [0, 0.05) is 32.7 Å². The van der Waals surface area contributed by atoms with Crippen molar-refractivity contribution < 1.29 is 23.0 Å². The number of hydrogen-bond donors (Lipinski definition) is 1. The van der Waals surface area contributed by atoms with E-state index in [1.54, 1.807) is 4.90 Å². The van der Waals surface area contributed by atoms with Crippen LogP contribution in [-0.2, 0) is 4.74 Å². The average Bonchev–Trinajstić information content (AvgIpc) is 2.49. The fourth-order valence-electron chi connectivity index (χ4n) is 2.04. The maximum absolute atomic E-state index is 12.6. The van der Waals surface area contributed by atoms with Crippen LogP contribution in [0.5, 0.6) is 0 Å². The van der Waals surface area contributed by atoms with Crippen LogP contribution in [0.1, 0.15) is 0 Å². The zero-order valence-electron chi connectivity index (χ0n) is 8.63. The maximum atomic E-state index is 12.6. The van der Waals surface area contributed by atoms with Crippen LogP contribution in [0.25, 0.3) is 0 Å². The molecule has 1 rings (SSSR count). The number of ether oxygens (including phenoxy) is 1. The normalized spacial score (nSPS) is 28.6. The third-order valence-corrected chi connectivity index (χ3v) is 2.73. The molecule has 6 heteroatoms. The Labute approximate surface area is 86.8 Å². The van der Waals surface area contributed by atoms with Gasteiger partial charge >= 0.3 is 6.18 Å². The average molecular weight is 227 g/mol. The highest BCUT2D eigenvalue weighted by atomic mass is 19.4. The van der Waals surface area contributed by atoms with E-state index < -0.39 is 18.0 Å². The van der Waals surface area contributed by atoms with Gasteiger partial charge < -0.3 is 14.7 Å². The quantitative estimate of drug-likeness (QED) is 0.768. The summed E-state index contributed by atoms with van der Waals surface area (Å²) in [7, 11) is 1.40. The molecule has 1 aliphatic heterocycles. The van der Waals surface area contributed by atoms with Gasteiger partial charge in [-0.05, 0) is 0 Å². The summed E-state index contributed by atoms with van der Waals surface area (Å²) in [6, 6.07) is 0. The first-order chi connectivity index (χ1) is 6.99. The molecule has 0 aromatic carbocycles. The van der Waals surface area contributed by atoms with Crippen LogP contribution in [0.15, 0.2) is 0 Å². The van der Waals surface area contributed by atoms with Crippen molar-refractivity contribution in [1.82, 2.24) is 4.90 Å². The Morgan fingerprint density at radius 1 is 1.40 bits per heavy atom. The second kappa shape index (κ2) is 5.14. The van der Waals surface area contributed by atoms with E-state index in [2.05, 4.69) is 0 Å². The fraction of sp³-hybridized carbons (Fsp3) is 1.00. The molecule has 2 atom stereocenters. The van der Waals surface area contributed by atoms with Crippen molar-refractivity contribution in [2.45, 2.75) is 6.18 Å². The number of nitrogens with zero attached hydrogens (tertiary/aromatic N) is 1. The van der Waals surface area contributed by atoms with Gasteiger partial charge in [0.15, 0.2) is 0 Å². The topological polar surface area (TPSA) is 32.7 Å². The molecule has 0 aromatic rings. The molecule has 0 saturated carbocycles. The van der Waals surface area contributed by atoms with Crippen molar-refractivity contribution in [1.29, 1.82) is 0 Å². The standard InChI is InChI=1S/C9H16F3NO2/c1-15-6-7-4-13(2-3-14)5-8(7)9(10,11)12/h7-8,14H,2-6H2,1H3/t7-,8-/m0/s1. The Balaban J connectivity index is 2.59. The molecular formula is C9H16F3NO2. The summed E-state index contributed by atoms with van der Waals surface area (Å²) in [6.45, 7) is 0.625. The van der Waals surface area contributed by atoms with E-state index in [1.165, 1.54) is 7.11 Å². The molecular weight excluding hydrogens is 211 g/mol. The van der Waals surface area contributed by atoms with Crippen molar-refractivity contribution in [3.05, 3.63) is 0 Å². The minimum atomic E-state index is -4.17.